The average Bonchev–Trinajstić information content (AvgIpc) is 2.71. The number of hydrogen-bond acceptors (Lipinski definition) is 3. The summed E-state index contributed by atoms with van der Waals surface area (Å²) < 4.78 is 2.19. The first-order valence-electron chi connectivity index (χ1n) is 5.89. The normalized spacial score (nSPS) is 11.3. The Morgan fingerprint density at radius 2 is 2.22 bits per heavy atom. The van der Waals surface area contributed by atoms with Crippen LogP contribution in [0.5, 0.6) is 0 Å². The van der Waals surface area contributed by atoms with Gasteiger partial charge in [-0.25, -0.2) is 0 Å². The van der Waals surface area contributed by atoms with Gasteiger partial charge in [-0.05, 0) is 37.2 Å². The van der Waals surface area contributed by atoms with Crippen LogP contribution < -0.4 is 0 Å². The Hall–Kier alpha value is -1.75. The number of nitrogens with one attached hydrogen (secondary N) is 1. The summed E-state index contributed by atoms with van der Waals surface area (Å²) in [5.41, 5.74) is 3.51. The van der Waals surface area contributed by atoms with Crippen molar-refractivity contribution in [1.29, 1.82) is 0 Å². The number of hydrogen-bond donors (Lipinski definition) is 1. The predicted molar refractivity (Wildman–Crippen MR) is 75.7 cm³/mol. The second-order valence-electron chi connectivity index (χ2n) is 4.21. The van der Waals surface area contributed by atoms with Crippen LogP contribution in [0.4, 0.5) is 0 Å². The van der Waals surface area contributed by atoms with Crippen molar-refractivity contribution in [3.63, 3.8) is 0 Å². The van der Waals surface area contributed by atoms with Crippen LogP contribution in [-0.2, 0) is 6.42 Å². The highest BCUT2D eigenvalue weighted by atomic mass is 32.1. The van der Waals surface area contributed by atoms with Gasteiger partial charge in [0.1, 0.15) is 0 Å². The summed E-state index contributed by atoms with van der Waals surface area (Å²) in [6.07, 6.45) is 2.62. The maximum atomic E-state index is 5.14. The summed E-state index contributed by atoms with van der Waals surface area (Å²) in [6, 6.07) is 6.29. The zero-order valence-electron chi connectivity index (χ0n) is 10.8. The van der Waals surface area contributed by atoms with E-state index in [4.69, 9.17) is 12.2 Å². The molecule has 0 fully saturated rings. The predicted octanol–water partition coefficient (Wildman–Crippen LogP) is 3.00. The third-order valence-corrected chi connectivity index (χ3v) is 3.04. The van der Waals surface area contributed by atoms with Crippen LogP contribution in [0.3, 0.4) is 0 Å². The van der Waals surface area contributed by atoms with E-state index in [9.17, 15) is 0 Å². The molecule has 0 bridgehead atoms. The second kappa shape index (κ2) is 5.27. The van der Waals surface area contributed by atoms with Crippen LogP contribution in [0, 0.1) is 18.6 Å². The Morgan fingerprint density at radius 3 is 2.94 bits per heavy atom. The highest BCUT2D eigenvalue weighted by Crippen LogP contribution is 2.08. The first-order chi connectivity index (χ1) is 8.61. The zero-order valence-corrected chi connectivity index (χ0v) is 11.6. The van der Waals surface area contributed by atoms with Gasteiger partial charge in [-0.15, -0.1) is 0 Å². The van der Waals surface area contributed by atoms with Crippen molar-refractivity contribution in [3.8, 4) is 0 Å². The molecule has 0 radical (unpaired) electrons. The zero-order chi connectivity index (χ0) is 13.1. The topological polar surface area (TPSA) is 46.0 Å². The fraction of sp³-hybridized carbons (Fsp3) is 0.308. The van der Waals surface area contributed by atoms with Gasteiger partial charge in [-0.1, -0.05) is 30.7 Å². The Kier molecular flexibility index (Phi) is 3.72. The number of aromatic nitrogens is 3. The van der Waals surface area contributed by atoms with E-state index in [1.165, 1.54) is 11.1 Å². The van der Waals surface area contributed by atoms with Crippen molar-refractivity contribution in [1.82, 2.24) is 14.9 Å². The quantitative estimate of drug-likeness (QED) is 0.681. The molecule has 0 atom stereocenters. The smallest absolute Gasteiger partial charge is 0.216 e. The fourth-order valence-electron chi connectivity index (χ4n) is 1.69. The molecular weight excluding hydrogens is 244 g/mol. The van der Waals surface area contributed by atoms with Crippen molar-refractivity contribution in [2.24, 2.45) is 5.10 Å². The van der Waals surface area contributed by atoms with Crippen LogP contribution in [0.15, 0.2) is 23.3 Å². The number of aryl methyl sites for hydroxylation is 3. The minimum Gasteiger partial charge on any atom is -0.250 e. The van der Waals surface area contributed by atoms with Crippen LogP contribution in [0.2, 0.25) is 0 Å². The van der Waals surface area contributed by atoms with Gasteiger partial charge in [0, 0.05) is 6.42 Å². The molecule has 0 amide bonds. The lowest BCUT2D eigenvalue weighted by molar-refractivity contribution is 0.780. The molecule has 0 aliphatic rings. The van der Waals surface area contributed by atoms with Gasteiger partial charge in [0.2, 0.25) is 4.77 Å². The molecule has 94 valence electrons. The van der Waals surface area contributed by atoms with Gasteiger partial charge in [-0.3, -0.25) is 5.10 Å². The standard InChI is InChI=1S/C13H16N4S/c1-4-12-15-16-13(18)17(12)14-8-11-7-9(2)5-6-10(11)3/h5-8H,4H2,1-3H3,(H,16,18)/b14-8-. The Morgan fingerprint density at radius 1 is 1.44 bits per heavy atom. The SMILES string of the molecule is CCc1n[nH]c(=S)n1/N=C\c1cc(C)ccc1C. The second-order valence-corrected chi connectivity index (χ2v) is 4.60. The number of nitrogens with zero attached hydrogens (tertiary/aromatic N) is 3. The van der Waals surface area contributed by atoms with E-state index in [0.717, 1.165) is 17.8 Å². The molecule has 1 aromatic heterocycles. The van der Waals surface area contributed by atoms with Gasteiger partial charge in [-0.2, -0.15) is 14.9 Å². The van der Waals surface area contributed by atoms with Gasteiger partial charge >= 0.3 is 0 Å². The summed E-state index contributed by atoms with van der Waals surface area (Å²) >= 11 is 5.14. The highest BCUT2D eigenvalue weighted by molar-refractivity contribution is 7.71. The summed E-state index contributed by atoms with van der Waals surface area (Å²) in [4.78, 5) is 0. The molecule has 1 heterocycles. The largest absolute Gasteiger partial charge is 0.250 e. The summed E-state index contributed by atoms with van der Waals surface area (Å²) in [7, 11) is 0. The molecule has 4 nitrogen and oxygen atoms in total. The number of rotatable bonds is 3. The Labute approximate surface area is 111 Å². The van der Waals surface area contributed by atoms with Crippen molar-refractivity contribution in [2.45, 2.75) is 27.2 Å². The van der Waals surface area contributed by atoms with Crippen LogP contribution in [0.25, 0.3) is 0 Å². The molecule has 0 aliphatic heterocycles. The average molecular weight is 260 g/mol. The highest BCUT2D eigenvalue weighted by Gasteiger charge is 2.01. The van der Waals surface area contributed by atoms with Gasteiger partial charge < -0.3 is 0 Å². The summed E-state index contributed by atoms with van der Waals surface area (Å²) in [6.45, 7) is 6.16. The molecular formula is C13H16N4S. The number of H-pyrrole nitrogens is 1. The minimum absolute atomic E-state index is 0.522. The van der Waals surface area contributed by atoms with E-state index in [2.05, 4.69) is 47.3 Å². The molecule has 2 aromatic rings. The lowest BCUT2D eigenvalue weighted by Crippen LogP contribution is -1.98. The lowest BCUT2D eigenvalue weighted by atomic mass is 10.1. The fourth-order valence-corrected chi connectivity index (χ4v) is 1.89. The van der Waals surface area contributed by atoms with E-state index < -0.39 is 0 Å². The van der Waals surface area contributed by atoms with Crippen molar-refractivity contribution >= 4 is 18.4 Å². The Balaban J connectivity index is 2.38. The van der Waals surface area contributed by atoms with Crippen LogP contribution in [-0.4, -0.2) is 21.1 Å². The monoisotopic (exact) mass is 260 g/mol. The van der Waals surface area contributed by atoms with E-state index in [-0.39, 0.29) is 0 Å². The van der Waals surface area contributed by atoms with Crippen molar-refractivity contribution < 1.29 is 0 Å². The lowest BCUT2D eigenvalue weighted by Gasteiger charge is -2.02. The summed E-state index contributed by atoms with van der Waals surface area (Å²) in [5, 5.41) is 11.3. The molecule has 5 heteroatoms. The third-order valence-electron chi connectivity index (χ3n) is 2.78. The first kappa shape index (κ1) is 12.7. The van der Waals surface area contributed by atoms with E-state index in [0.29, 0.717) is 4.77 Å². The number of aromatic amines is 1. The molecule has 18 heavy (non-hydrogen) atoms. The van der Waals surface area contributed by atoms with Crippen LogP contribution in [0.1, 0.15) is 29.4 Å². The first-order valence-corrected chi connectivity index (χ1v) is 6.30. The minimum atomic E-state index is 0.522. The molecule has 0 saturated carbocycles. The molecule has 0 aliphatic carbocycles. The molecule has 1 N–H and O–H groups in total. The maximum Gasteiger partial charge on any atom is 0.216 e. The van der Waals surface area contributed by atoms with E-state index >= 15 is 0 Å². The third kappa shape index (κ3) is 2.56. The van der Waals surface area contributed by atoms with E-state index in [1.807, 2.05) is 13.1 Å². The van der Waals surface area contributed by atoms with Gasteiger partial charge in [0.05, 0.1) is 6.21 Å². The number of benzene rings is 1. The van der Waals surface area contributed by atoms with Crippen LogP contribution >= 0.6 is 12.2 Å². The Bertz CT molecular complexity index is 637. The van der Waals surface area contributed by atoms with Gasteiger partial charge in [0.25, 0.3) is 0 Å². The molecule has 0 saturated heterocycles. The van der Waals surface area contributed by atoms with Crippen molar-refractivity contribution in [2.75, 3.05) is 0 Å². The van der Waals surface area contributed by atoms with E-state index in [1.54, 1.807) is 4.68 Å². The summed E-state index contributed by atoms with van der Waals surface area (Å²) in [5.74, 6) is 0.835. The maximum absolute atomic E-state index is 5.14. The van der Waals surface area contributed by atoms with Crippen molar-refractivity contribution in [3.05, 3.63) is 45.5 Å². The molecule has 2 rings (SSSR count). The van der Waals surface area contributed by atoms with Gasteiger partial charge in [0.15, 0.2) is 5.82 Å². The molecule has 0 unspecified atom stereocenters. The molecule has 0 spiro atoms. The molecule has 1 aromatic carbocycles.